The quantitative estimate of drug-likeness (QED) is 0.724. The molecule has 0 aliphatic carbocycles. The van der Waals surface area contributed by atoms with Gasteiger partial charge >= 0.3 is 0 Å². The molecule has 0 aromatic heterocycles. The van der Waals surface area contributed by atoms with Crippen molar-refractivity contribution >= 4 is 17.5 Å². The van der Waals surface area contributed by atoms with E-state index in [-0.39, 0.29) is 11.9 Å². The number of carbonyl (C=O) groups excluding carboxylic acids is 1. The first-order valence-electron chi connectivity index (χ1n) is 7.84. The van der Waals surface area contributed by atoms with Crippen LogP contribution in [0.5, 0.6) is 11.5 Å². The largest absolute Gasteiger partial charge is 0.493 e. The molecular weight excluding hydrogens is 316 g/mol. The van der Waals surface area contributed by atoms with Crippen molar-refractivity contribution in [1.82, 2.24) is 10.6 Å². The van der Waals surface area contributed by atoms with Crippen molar-refractivity contribution in [2.75, 3.05) is 27.3 Å². The molecule has 1 aromatic carbocycles. The number of nitrogens with one attached hydrogen (secondary N) is 2. The Kier molecular flexibility index (Phi) is 8.20. The van der Waals surface area contributed by atoms with Crippen molar-refractivity contribution in [1.29, 1.82) is 0 Å². The van der Waals surface area contributed by atoms with E-state index in [0.29, 0.717) is 41.2 Å². The molecule has 1 amide bonds. The van der Waals surface area contributed by atoms with E-state index in [1.165, 1.54) is 7.11 Å². The van der Waals surface area contributed by atoms with Crippen molar-refractivity contribution in [3.63, 3.8) is 0 Å². The number of ether oxygens (including phenoxy) is 2. The maximum atomic E-state index is 12.2. The molecule has 0 fully saturated rings. The van der Waals surface area contributed by atoms with Gasteiger partial charge in [0.05, 0.1) is 18.7 Å². The lowest BCUT2D eigenvalue weighted by Gasteiger charge is -2.16. The molecule has 130 valence electrons. The van der Waals surface area contributed by atoms with Gasteiger partial charge in [0, 0.05) is 18.2 Å². The van der Waals surface area contributed by atoms with E-state index < -0.39 is 0 Å². The number of halogens is 1. The van der Waals surface area contributed by atoms with Crippen molar-refractivity contribution < 1.29 is 14.3 Å². The van der Waals surface area contributed by atoms with E-state index in [4.69, 9.17) is 21.1 Å². The first-order chi connectivity index (χ1) is 10.9. The summed E-state index contributed by atoms with van der Waals surface area (Å²) in [6.45, 7) is 7.32. The normalized spacial score (nSPS) is 12.1. The molecule has 0 spiro atoms. The van der Waals surface area contributed by atoms with Crippen molar-refractivity contribution in [2.45, 2.75) is 33.2 Å². The van der Waals surface area contributed by atoms with E-state index in [9.17, 15) is 4.79 Å². The van der Waals surface area contributed by atoms with E-state index >= 15 is 0 Å². The van der Waals surface area contributed by atoms with Gasteiger partial charge in [-0.2, -0.15) is 0 Å². The molecule has 0 saturated heterocycles. The fourth-order valence-corrected chi connectivity index (χ4v) is 2.10. The summed E-state index contributed by atoms with van der Waals surface area (Å²) in [5.74, 6) is 1.29. The van der Waals surface area contributed by atoms with Crippen LogP contribution in [0.25, 0.3) is 0 Å². The predicted molar refractivity (Wildman–Crippen MR) is 93.8 cm³/mol. The van der Waals surface area contributed by atoms with Gasteiger partial charge < -0.3 is 20.1 Å². The van der Waals surface area contributed by atoms with Gasteiger partial charge in [0.25, 0.3) is 5.91 Å². The molecule has 1 aromatic rings. The highest BCUT2D eigenvalue weighted by molar-refractivity contribution is 6.32. The number of likely N-dealkylation sites (N-methyl/N-ethyl adjacent to an activating group) is 1. The summed E-state index contributed by atoms with van der Waals surface area (Å²) in [5.41, 5.74) is 0.450. The van der Waals surface area contributed by atoms with Crippen molar-refractivity contribution in [2.24, 2.45) is 5.92 Å². The zero-order valence-electron chi connectivity index (χ0n) is 14.5. The standard InChI is InChI=1S/C17H27ClN2O3/c1-11(2)6-7-23-16-14(18)8-13(9-15(16)22-5)17(21)20-10-12(3)19-4/h8-9,11-12,19H,6-7,10H2,1-5H3,(H,20,21). The minimum atomic E-state index is -0.193. The van der Waals surface area contributed by atoms with Crippen LogP contribution in [0, 0.1) is 5.92 Å². The Morgan fingerprint density at radius 1 is 1.30 bits per heavy atom. The summed E-state index contributed by atoms with van der Waals surface area (Å²) < 4.78 is 11.0. The minimum absolute atomic E-state index is 0.190. The molecule has 1 unspecified atom stereocenters. The summed E-state index contributed by atoms with van der Waals surface area (Å²) in [6, 6.07) is 3.44. The van der Waals surface area contributed by atoms with Gasteiger partial charge in [0.1, 0.15) is 0 Å². The van der Waals surface area contributed by atoms with Gasteiger partial charge in [-0.1, -0.05) is 25.4 Å². The molecule has 0 saturated carbocycles. The van der Waals surface area contributed by atoms with Crippen molar-refractivity contribution in [3.05, 3.63) is 22.7 Å². The average Bonchev–Trinajstić information content (AvgIpc) is 2.52. The summed E-state index contributed by atoms with van der Waals surface area (Å²) in [7, 11) is 3.38. The Labute approximate surface area is 143 Å². The maximum absolute atomic E-state index is 12.2. The van der Waals surface area contributed by atoms with Crippen LogP contribution >= 0.6 is 11.6 Å². The Balaban J connectivity index is 2.84. The molecule has 0 aliphatic heterocycles. The van der Waals surface area contributed by atoms with E-state index in [0.717, 1.165) is 6.42 Å². The SMILES string of the molecule is CNC(C)CNC(=O)c1cc(Cl)c(OCCC(C)C)c(OC)c1. The van der Waals surface area contributed by atoms with Crippen molar-refractivity contribution in [3.8, 4) is 11.5 Å². The van der Waals surface area contributed by atoms with Gasteiger partial charge in [-0.25, -0.2) is 0 Å². The third-order valence-electron chi connectivity index (χ3n) is 3.49. The van der Waals surface area contributed by atoms with Crippen LogP contribution in [0.1, 0.15) is 37.6 Å². The summed E-state index contributed by atoms with van der Waals surface area (Å²) in [6.07, 6.45) is 0.920. The minimum Gasteiger partial charge on any atom is -0.493 e. The summed E-state index contributed by atoms with van der Waals surface area (Å²) >= 11 is 6.27. The van der Waals surface area contributed by atoms with Crippen LogP contribution in [0.3, 0.4) is 0 Å². The van der Waals surface area contributed by atoms with Gasteiger partial charge in [-0.05, 0) is 38.4 Å². The molecule has 0 aliphatic rings. The monoisotopic (exact) mass is 342 g/mol. The van der Waals surface area contributed by atoms with Crippen LogP contribution in [0.2, 0.25) is 5.02 Å². The molecule has 23 heavy (non-hydrogen) atoms. The third-order valence-corrected chi connectivity index (χ3v) is 3.78. The lowest BCUT2D eigenvalue weighted by Crippen LogP contribution is -2.37. The highest BCUT2D eigenvalue weighted by Crippen LogP contribution is 2.36. The molecule has 0 bridgehead atoms. The van der Waals surface area contributed by atoms with Gasteiger partial charge in [0.15, 0.2) is 11.5 Å². The average molecular weight is 343 g/mol. The van der Waals surface area contributed by atoms with Crippen LogP contribution in [0.15, 0.2) is 12.1 Å². The van der Waals surface area contributed by atoms with Crippen LogP contribution in [0.4, 0.5) is 0 Å². The molecule has 5 nitrogen and oxygen atoms in total. The number of rotatable bonds is 9. The Hall–Kier alpha value is -1.46. The molecule has 1 rings (SSSR count). The number of hydrogen-bond donors (Lipinski definition) is 2. The lowest BCUT2D eigenvalue weighted by atomic mass is 10.1. The zero-order valence-corrected chi connectivity index (χ0v) is 15.3. The molecule has 0 radical (unpaired) electrons. The van der Waals surface area contributed by atoms with E-state index in [1.807, 2.05) is 14.0 Å². The lowest BCUT2D eigenvalue weighted by molar-refractivity contribution is 0.0950. The number of hydrogen-bond acceptors (Lipinski definition) is 4. The third kappa shape index (κ3) is 6.28. The van der Waals surface area contributed by atoms with Crippen LogP contribution in [-0.4, -0.2) is 39.3 Å². The number of amides is 1. The summed E-state index contributed by atoms with van der Waals surface area (Å²) in [4.78, 5) is 12.2. The second kappa shape index (κ2) is 9.63. The Morgan fingerprint density at radius 3 is 2.57 bits per heavy atom. The first-order valence-corrected chi connectivity index (χ1v) is 8.22. The number of carbonyl (C=O) groups is 1. The number of methoxy groups -OCH3 is 1. The zero-order chi connectivity index (χ0) is 17.4. The van der Waals surface area contributed by atoms with Gasteiger partial charge in [-0.3, -0.25) is 4.79 Å². The fourth-order valence-electron chi connectivity index (χ4n) is 1.84. The molecular formula is C17H27ClN2O3. The van der Waals surface area contributed by atoms with Gasteiger partial charge in [0.2, 0.25) is 0 Å². The molecule has 6 heteroatoms. The fraction of sp³-hybridized carbons (Fsp3) is 0.588. The first kappa shape index (κ1) is 19.6. The number of benzene rings is 1. The predicted octanol–water partition coefficient (Wildman–Crippen LogP) is 3.11. The highest BCUT2D eigenvalue weighted by Gasteiger charge is 2.16. The van der Waals surface area contributed by atoms with Crippen LogP contribution in [-0.2, 0) is 0 Å². The van der Waals surface area contributed by atoms with Crippen LogP contribution < -0.4 is 20.1 Å². The van der Waals surface area contributed by atoms with Gasteiger partial charge in [-0.15, -0.1) is 0 Å². The second-order valence-electron chi connectivity index (χ2n) is 5.92. The van der Waals surface area contributed by atoms with E-state index in [2.05, 4.69) is 24.5 Å². The second-order valence-corrected chi connectivity index (χ2v) is 6.33. The molecule has 2 N–H and O–H groups in total. The smallest absolute Gasteiger partial charge is 0.251 e. The maximum Gasteiger partial charge on any atom is 0.251 e. The summed E-state index contributed by atoms with van der Waals surface area (Å²) in [5, 5.41) is 6.29. The topological polar surface area (TPSA) is 59.6 Å². The highest BCUT2D eigenvalue weighted by atomic mass is 35.5. The van der Waals surface area contributed by atoms with E-state index in [1.54, 1.807) is 12.1 Å². The Bertz CT molecular complexity index is 521. The molecule has 0 heterocycles. The Morgan fingerprint density at radius 2 is 2.00 bits per heavy atom. The molecule has 1 atom stereocenters.